The second kappa shape index (κ2) is 4.36. The molecule has 0 unspecified atom stereocenters. The highest BCUT2D eigenvalue weighted by Gasteiger charge is 2.08. The Morgan fingerprint density at radius 1 is 0.938 bits per heavy atom. The molecule has 1 aromatic heterocycles. The summed E-state index contributed by atoms with van der Waals surface area (Å²) in [6.45, 7) is 0. The van der Waals surface area contributed by atoms with Gasteiger partial charge in [-0.2, -0.15) is 0 Å². The molecular formula is C11H5Cl2F2N. The fraction of sp³-hybridized carbons (Fsp3) is 0. The number of hydrogen-bond donors (Lipinski definition) is 0. The van der Waals surface area contributed by atoms with Crippen LogP contribution in [0.5, 0.6) is 0 Å². The number of nitrogens with zero attached hydrogens (tertiary/aromatic N) is 1. The summed E-state index contributed by atoms with van der Waals surface area (Å²) in [6.07, 6.45) is 1.37. The van der Waals surface area contributed by atoms with Crippen LogP contribution in [0.25, 0.3) is 11.3 Å². The number of pyridine rings is 1. The van der Waals surface area contributed by atoms with E-state index in [1.165, 1.54) is 12.3 Å². The standard InChI is InChI=1S/C11H5Cl2F2N/c12-7-3-10(13)11(16-5-7)6-1-8(14)4-9(15)2-6/h1-5H. The van der Waals surface area contributed by atoms with Gasteiger partial charge in [-0.25, -0.2) is 8.78 Å². The average Bonchev–Trinajstić information content (AvgIpc) is 2.15. The van der Waals surface area contributed by atoms with Gasteiger partial charge in [0.15, 0.2) is 0 Å². The van der Waals surface area contributed by atoms with Crippen LogP contribution in [-0.2, 0) is 0 Å². The van der Waals surface area contributed by atoms with Gasteiger partial charge in [-0.15, -0.1) is 0 Å². The molecule has 0 saturated carbocycles. The van der Waals surface area contributed by atoms with Crippen molar-refractivity contribution in [2.24, 2.45) is 0 Å². The van der Waals surface area contributed by atoms with Crippen LogP contribution in [0.1, 0.15) is 0 Å². The van der Waals surface area contributed by atoms with Crippen molar-refractivity contribution in [3.05, 3.63) is 52.1 Å². The molecular weight excluding hydrogens is 255 g/mol. The smallest absolute Gasteiger partial charge is 0.126 e. The van der Waals surface area contributed by atoms with Crippen molar-refractivity contribution in [3.63, 3.8) is 0 Å². The molecule has 0 aliphatic heterocycles. The first-order valence-electron chi connectivity index (χ1n) is 4.34. The van der Waals surface area contributed by atoms with Gasteiger partial charge in [0.25, 0.3) is 0 Å². The van der Waals surface area contributed by atoms with Gasteiger partial charge in [0.05, 0.1) is 15.7 Å². The lowest BCUT2D eigenvalue weighted by Crippen LogP contribution is -1.88. The van der Waals surface area contributed by atoms with Gasteiger partial charge in [0.2, 0.25) is 0 Å². The number of halogens is 4. The third kappa shape index (κ3) is 2.31. The van der Waals surface area contributed by atoms with Crippen molar-refractivity contribution >= 4 is 23.2 Å². The molecule has 16 heavy (non-hydrogen) atoms. The summed E-state index contributed by atoms with van der Waals surface area (Å²) < 4.78 is 26.0. The van der Waals surface area contributed by atoms with Gasteiger partial charge in [-0.05, 0) is 18.2 Å². The SMILES string of the molecule is Fc1cc(F)cc(-c2ncc(Cl)cc2Cl)c1. The Bertz CT molecular complexity index is 523. The lowest BCUT2D eigenvalue weighted by molar-refractivity contribution is 0.584. The second-order valence-electron chi connectivity index (χ2n) is 3.14. The fourth-order valence-corrected chi connectivity index (χ4v) is 1.81. The van der Waals surface area contributed by atoms with Gasteiger partial charge < -0.3 is 0 Å². The van der Waals surface area contributed by atoms with E-state index in [-0.39, 0.29) is 10.6 Å². The predicted octanol–water partition coefficient (Wildman–Crippen LogP) is 4.33. The summed E-state index contributed by atoms with van der Waals surface area (Å²) >= 11 is 11.5. The van der Waals surface area contributed by atoms with Crippen molar-refractivity contribution in [1.29, 1.82) is 0 Å². The van der Waals surface area contributed by atoms with Crippen molar-refractivity contribution < 1.29 is 8.78 Å². The predicted molar refractivity (Wildman–Crippen MR) is 59.6 cm³/mol. The molecule has 0 spiro atoms. The first kappa shape index (κ1) is 11.3. The molecule has 0 radical (unpaired) electrons. The van der Waals surface area contributed by atoms with Crippen LogP contribution >= 0.6 is 23.2 Å². The van der Waals surface area contributed by atoms with Crippen LogP contribution in [-0.4, -0.2) is 4.98 Å². The fourth-order valence-electron chi connectivity index (χ4n) is 1.32. The Hall–Kier alpha value is -1.19. The zero-order valence-electron chi connectivity index (χ0n) is 7.85. The quantitative estimate of drug-likeness (QED) is 0.743. The van der Waals surface area contributed by atoms with Crippen LogP contribution < -0.4 is 0 Å². The van der Waals surface area contributed by atoms with Crippen LogP contribution in [0.15, 0.2) is 30.5 Å². The molecule has 0 aliphatic carbocycles. The highest BCUT2D eigenvalue weighted by atomic mass is 35.5. The maximum Gasteiger partial charge on any atom is 0.126 e. The third-order valence-electron chi connectivity index (χ3n) is 1.94. The van der Waals surface area contributed by atoms with E-state index >= 15 is 0 Å². The molecule has 2 rings (SSSR count). The normalized spacial score (nSPS) is 10.5. The topological polar surface area (TPSA) is 12.9 Å². The first-order valence-corrected chi connectivity index (χ1v) is 5.09. The van der Waals surface area contributed by atoms with Crippen LogP contribution in [0.3, 0.4) is 0 Å². The van der Waals surface area contributed by atoms with Gasteiger partial charge >= 0.3 is 0 Å². The number of hydrogen-bond acceptors (Lipinski definition) is 1. The van der Waals surface area contributed by atoms with E-state index in [0.717, 1.165) is 18.2 Å². The molecule has 0 N–H and O–H groups in total. The molecule has 0 atom stereocenters. The molecule has 0 aliphatic rings. The number of aromatic nitrogens is 1. The Balaban J connectivity index is 2.58. The molecule has 1 heterocycles. The van der Waals surface area contributed by atoms with E-state index in [4.69, 9.17) is 23.2 Å². The summed E-state index contributed by atoms with van der Waals surface area (Å²) in [5.41, 5.74) is 0.573. The van der Waals surface area contributed by atoms with Crippen LogP contribution in [0.4, 0.5) is 8.78 Å². The Morgan fingerprint density at radius 3 is 2.12 bits per heavy atom. The maximum absolute atomic E-state index is 13.0. The highest BCUT2D eigenvalue weighted by molar-refractivity contribution is 6.36. The molecule has 0 amide bonds. The van der Waals surface area contributed by atoms with E-state index in [1.807, 2.05) is 0 Å². The summed E-state index contributed by atoms with van der Waals surface area (Å²) in [5, 5.41) is 0.614. The Morgan fingerprint density at radius 2 is 1.56 bits per heavy atom. The van der Waals surface area contributed by atoms with E-state index in [2.05, 4.69) is 4.98 Å². The second-order valence-corrected chi connectivity index (χ2v) is 3.99. The Labute approximate surface area is 101 Å². The lowest BCUT2D eigenvalue weighted by Gasteiger charge is -2.04. The molecule has 82 valence electrons. The minimum absolute atomic E-state index is 0.248. The molecule has 5 heteroatoms. The molecule has 0 saturated heterocycles. The van der Waals surface area contributed by atoms with Gasteiger partial charge in [-0.1, -0.05) is 23.2 Å². The third-order valence-corrected chi connectivity index (χ3v) is 2.44. The summed E-state index contributed by atoms with van der Waals surface area (Å²) in [6, 6.07) is 4.57. The van der Waals surface area contributed by atoms with Gasteiger partial charge in [0, 0.05) is 17.8 Å². The monoisotopic (exact) mass is 259 g/mol. The van der Waals surface area contributed by atoms with Crippen molar-refractivity contribution in [1.82, 2.24) is 4.98 Å². The minimum Gasteiger partial charge on any atom is -0.253 e. The molecule has 0 bridgehead atoms. The summed E-state index contributed by atoms with van der Waals surface area (Å²) in [4.78, 5) is 3.93. The number of rotatable bonds is 1. The zero-order valence-corrected chi connectivity index (χ0v) is 9.36. The molecule has 0 fully saturated rings. The van der Waals surface area contributed by atoms with E-state index in [0.29, 0.717) is 10.7 Å². The highest BCUT2D eigenvalue weighted by Crippen LogP contribution is 2.28. The Kier molecular flexibility index (Phi) is 3.08. The van der Waals surface area contributed by atoms with Crippen LogP contribution in [0, 0.1) is 11.6 Å². The average molecular weight is 260 g/mol. The molecule has 2 aromatic rings. The summed E-state index contributed by atoms with van der Waals surface area (Å²) in [7, 11) is 0. The minimum atomic E-state index is -0.678. The lowest BCUT2D eigenvalue weighted by atomic mass is 10.1. The largest absolute Gasteiger partial charge is 0.253 e. The zero-order chi connectivity index (χ0) is 11.7. The van der Waals surface area contributed by atoms with E-state index < -0.39 is 11.6 Å². The number of benzene rings is 1. The van der Waals surface area contributed by atoms with Crippen molar-refractivity contribution in [2.45, 2.75) is 0 Å². The first-order chi connectivity index (χ1) is 7.56. The van der Waals surface area contributed by atoms with Gasteiger partial charge in [-0.3, -0.25) is 4.98 Å². The summed E-state index contributed by atoms with van der Waals surface area (Å²) in [5.74, 6) is -1.36. The van der Waals surface area contributed by atoms with E-state index in [9.17, 15) is 8.78 Å². The maximum atomic E-state index is 13.0. The van der Waals surface area contributed by atoms with Crippen molar-refractivity contribution in [2.75, 3.05) is 0 Å². The molecule has 1 aromatic carbocycles. The van der Waals surface area contributed by atoms with Crippen LogP contribution in [0.2, 0.25) is 10.0 Å². The van der Waals surface area contributed by atoms with Gasteiger partial charge in [0.1, 0.15) is 11.6 Å². The van der Waals surface area contributed by atoms with E-state index in [1.54, 1.807) is 0 Å². The van der Waals surface area contributed by atoms with Crippen molar-refractivity contribution in [3.8, 4) is 11.3 Å². The molecule has 1 nitrogen and oxygen atoms in total.